The fourth-order valence-electron chi connectivity index (χ4n) is 7.74. The summed E-state index contributed by atoms with van der Waals surface area (Å²) in [5.74, 6) is 2.58. The third-order valence-electron chi connectivity index (χ3n) is 12.1. The average molecular weight is 1010 g/mol. The largest absolute Gasteiger partial charge is 0.679 e. The van der Waals surface area contributed by atoms with Crippen molar-refractivity contribution in [1.82, 2.24) is 0 Å². The Labute approximate surface area is 427 Å². The van der Waals surface area contributed by atoms with Gasteiger partial charge in [-0.3, -0.25) is 4.52 Å². The molecule has 0 amide bonds. The van der Waals surface area contributed by atoms with E-state index in [0.29, 0.717) is 41.0 Å². The van der Waals surface area contributed by atoms with E-state index in [1.807, 2.05) is 153 Å². The van der Waals surface area contributed by atoms with Gasteiger partial charge in [-0.2, -0.15) is 0 Å². The zero-order valence-corrected chi connectivity index (χ0v) is 44.6. The van der Waals surface area contributed by atoms with E-state index in [-0.39, 0.29) is 17.4 Å². The molecule has 0 aliphatic rings. The highest BCUT2D eigenvalue weighted by Gasteiger charge is 2.44. The van der Waals surface area contributed by atoms with Crippen LogP contribution in [0.4, 0.5) is 0 Å². The number of rotatable bonds is 21. The minimum Gasteiger partial charge on any atom is -0.487 e. The molecule has 0 fully saturated rings. The monoisotopic (exact) mass is 1010 g/mol. The summed E-state index contributed by atoms with van der Waals surface area (Å²) in [6, 6.07) is 71.7. The second kappa shape index (κ2) is 23.9. The van der Waals surface area contributed by atoms with Crippen molar-refractivity contribution < 1.29 is 27.4 Å². The molecular weight excluding hydrogens is 952 g/mol. The smallest absolute Gasteiger partial charge is 0.487 e. The normalized spacial score (nSPS) is 12.6. The molecule has 72 heavy (non-hydrogen) atoms. The van der Waals surface area contributed by atoms with Gasteiger partial charge in [-0.1, -0.05) is 189 Å². The first-order valence-corrected chi connectivity index (χ1v) is 28.0. The van der Waals surface area contributed by atoms with Crippen molar-refractivity contribution >= 4 is 23.8 Å². The van der Waals surface area contributed by atoms with Gasteiger partial charge in [0.2, 0.25) is 0 Å². The van der Waals surface area contributed by atoms with Crippen molar-refractivity contribution in [2.45, 2.75) is 65.1 Å². The molecule has 8 aromatic rings. The molecule has 12 heteroatoms. The van der Waals surface area contributed by atoms with Crippen LogP contribution < -0.4 is 27.4 Å². The lowest BCUT2D eigenvalue weighted by atomic mass is 9.78. The molecule has 0 heterocycles. The molecule has 0 saturated carbocycles. The van der Waals surface area contributed by atoms with Crippen molar-refractivity contribution in [3.63, 3.8) is 0 Å². The minimum absolute atomic E-state index is 0.0485. The predicted molar refractivity (Wildman–Crippen MR) is 296 cm³/mol. The SMILES string of the molecule is CCN=[P+](Oc1ccccc1)C(COc1ccc(C(C)(C)c2ccc(C)cc2)cc1)N=P(N=[P+](Oc1ccccc1)Oc1ccc(C(C)(C)c2ccc(C)cc2)cc1)(Oc1ccccc1)Oc1ccccc1. The topological polar surface area (TPSA) is 92.5 Å². The summed E-state index contributed by atoms with van der Waals surface area (Å²) in [7, 11) is -7.96. The van der Waals surface area contributed by atoms with E-state index >= 15 is 0 Å². The number of hydrogen-bond donors (Lipinski definition) is 0. The van der Waals surface area contributed by atoms with Crippen LogP contribution in [0.5, 0.6) is 34.5 Å². The Morgan fingerprint density at radius 2 is 0.778 bits per heavy atom. The van der Waals surface area contributed by atoms with Crippen molar-refractivity contribution in [2.24, 2.45) is 14.0 Å². The van der Waals surface area contributed by atoms with E-state index in [0.717, 1.165) is 11.1 Å². The van der Waals surface area contributed by atoms with Gasteiger partial charge in [0.1, 0.15) is 17.2 Å². The van der Waals surface area contributed by atoms with Crippen molar-refractivity contribution in [3.05, 3.63) is 252 Å². The van der Waals surface area contributed by atoms with Crippen LogP contribution in [0.2, 0.25) is 0 Å². The van der Waals surface area contributed by atoms with E-state index in [9.17, 15) is 0 Å². The van der Waals surface area contributed by atoms with Crippen LogP contribution in [0.25, 0.3) is 0 Å². The van der Waals surface area contributed by atoms with Crippen LogP contribution in [-0.2, 0) is 10.8 Å². The zero-order chi connectivity index (χ0) is 50.4. The van der Waals surface area contributed by atoms with E-state index < -0.39 is 29.5 Å². The van der Waals surface area contributed by atoms with Gasteiger partial charge in [0.25, 0.3) is 0 Å². The van der Waals surface area contributed by atoms with E-state index in [4.69, 9.17) is 41.4 Å². The van der Waals surface area contributed by atoms with Gasteiger partial charge in [-0.25, -0.2) is 9.05 Å². The van der Waals surface area contributed by atoms with E-state index in [1.54, 1.807) is 0 Å². The van der Waals surface area contributed by atoms with Crippen LogP contribution in [0.15, 0.2) is 232 Å². The molecule has 8 rings (SSSR count). The summed E-state index contributed by atoms with van der Waals surface area (Å²) in [5, 5.41) is 0. The molecule has 0 radical (unpaired) electrons. The van der Waals surface area contributed by atoms with Gasteiger partial charge < -0.3 is 13.8 Å². The molecule has 366 valence electrons. The Bertz CT molecular complexity index is 3040. The second-order valence-electron chi connectivity index (χ2n) is 18.2. The predicted octanol–water partition coefficient (Wildman–Crippen LogP) is 18.1. The molecule has 0 aliphatic carbocycles. The molecule has 0 saturated heterocycles. The Morgan fingerprint density at radius 3 is 1.18 bits per heavy atom. The summed E-state index contributed by atoms with van der Waals surface area (Å²) < 4.78 is 57.2. The Hall–Kier alpha value is -7.01. The van der Waals surface area contributed by atoms with Gasteiger partial charge in [0.05, 0.1) is 11.1 Å². The lowest BCUT2D eigenvalue weighted by Crippen LogP contribution is -2.19. The van der Waals surface area contributed by atoms with Crippen molar-refractivity contribution in [2.75, 3.05) is 13.2 Å². The Morgan fingerprint density at radius 1 is 0.431 bits per heavy atom. The standard InChI is InChI=1S/C60H62N3O6P3/c1-8-61-70(65-53-21-13-9-14-22-53)58(45-64-52-41-37-50(38-42-52)59(4,5)48-33-29-46(2)30-34-48)62-72(68-56-25-17-11-18-26-56,69-57-27-19-12-20-28-57)63-71(66-54-23-15-10-16-24-54)67-55-43-39-51(40-44-55)60(6,7)49-35-31-47(3)32-36-49/h9-44,58H,8,45H2,1-7H3/q+2. The Kier molecular flexibility index (Phi) is 17.1. The molecule has 0 bridgehead atoms. The van der Waals surface area contributed by atoms with Gasteiger partial charge in [-0.15, -0.1) is 4.74 Å². The van der Waals surface area contributed by atoms with Crippen molar-refractivity contribution in [1.29, 1.82) is 0 Å². The number of nitrogens with zero attached hydrogens (tertiary/aromatic N) is 3. The molecule has 0 aliphatic heterocycles. The maximum atomic E-state index is 7.07. The molecule has 3 atom stereocenters. The number of ether oxygens (including phenoxy) is 1. The maximum absolute atomic E-state index is 7.07. The fourth-order valence-corrected chi connectivity index (χ4v) is 13.1. The van der Waals surface area contributed by atoms with Gasteiger partial charge in [-0.05, 0) is 116 Å². The van der Waals surface area contributed by atoms with Crippen LogP contribution >= 0.6 is 23.8 Å². The lowest BCUT2D eigenvalue weighted by molar-refractivity contribution is 0.313. The summed E-state index contributed by atoms with van der Waals surface area (Å²) in [4.78, 5) is 0. The van der Waals surface area contributed by atoms with Crippen LogP contribution in [0.1, 0.15) is 68.0 Å². The molecule has 3 unspecified atom stereocenters. The first-order valence-electron chi connectivity index (χ1n) is 24.1. The molecule has 0 spiro atoms. The Balaban J connectivity index is 1.26. The van der Waals surface area contributed by atoms with E-state index in [2.05, 4.69) is 114 Å². The van der Waals surface area contributed by atoms with Crippen LogP contribution in [0.3, 0.4) is 0 Å². The third-order valence-corrected chi connectivity index (χ3v) is 17.7. The molecular formula is C60H62N3O6P3+2. The molecule has 0 aromatic heterocycles. The quantitative estimate of drug-likeness (QED) is 0.0666. The molecule has 8 aromatic carbocycles. The second-order valence-corrected chi connectivity index (χ2v) is 23.0. The lowest BCUT2D eigenvalue weighted by Gasteiger charge is -2.26. The fraction of sp³-hybridized carbons (Fsp3) is 0.200. The number of hydrogen-bond acceptors (Lipinski definition) is 8. The summed E-state index contributed by atoms with van der Waals surface area (Å²) in [6.45, 7) is 15.6. The number of aryl methyl sites for hydroxylation is 2. The highest BCUT2D eigenvalue weighted by atomic mass is 31.2. The number of para-hydroxylation sites is 4. The molecule has 0 N–H and O–H groups in total. The first-order chi connectivity index (χ1) is 34.9. The van der Waals surface area contributed by atoms with Gasteiger partial charge in [0, 0.05) is 10.8 Å². The van der Waals surface area contributed by atoms with Crippen molar-refractivity contribution in [3.8, 4) is 34.5 Å². The van der Waals surface area contributed by atoms with E-state index in [1.165, 1.54) is 22.3 Å². The highest BCUT2D eigenvalue weighted by Crippen LogP contribution is 2.60. The highest BCUT2D eigenvalue weighted by molar-refractivity contribution is 7.62. The zero-order valence-electron chi connectivity index (χ0n) is 41.9. The van der Waals surface area contributed by atoms with Gasteiger partial charge >= 0.3 is 29.5 Å². The minimum atomic E-state index is -3.95. The van der Waals surface area contributed by atoms with Gasteiger partial charge in [0.15, 0.2) is 23.9 Å². The summed E-state index contributed by atoms with van der Waals surface area (Å²) in [5.41, 5.74) is 6.66. The molecule has 9 nitrogen and oxygen atoms in total. The first kappa shape index (κ1) is 51.3. The summed E-state index contributed by atoms with van der Waals surface area (Å²) >= 11 is 0. The summed E-state index contributed by atoms with van der Waals surface area (Å²) in [6.07, 6.45) is 0. The van der Waals surface area contributed by atoms with Crippen LogP contribution in [-0.4, -0.2) is 18.9 Å². The van der Waals surface area contributed by atoms with Crippen LogP contribution in [0, 0.1) is 13.8 Å². The maximum Gasteiger partial charge on any atom is 0.679 e. The third kappa shape index (κ3) is 13.7. The number of benzene rings is 8. The average Bonchev–Trinajstić information content (AvgIpc) is 3.39.